The molecule has 0 radical (unpaired) electrons. The topological polar surface area (TPSA) is 52.5 Å². The van der Waals surface area contributed by atoms with E-state index in [1.54, 1.807) is 23.9 Å². The first kappa shape index (κ1) is 14.6. The van der Waals surface area contributed by atoms with Gasteiger partial charge in [-0.25, -0.2) is 0 Å². The Morgan fingerprint density at radius 3 is 2.67 bits per heavy atom. The summed E-state index contributed by atoms with van der Waals surface area (Å²) >= 11 is 1.74. The van der Waals surface area contributed by atoms with Crippen LogP contribution in [0.3, 0.4) is 0 Å². The first-order valence-corrected chi connectivity index (χ1v) is 7.72. The van der Waals surface area contributed by atoms with Crippen LogP contribution in [0.2, 0.25) is 0 Å². The van der Waals surface area contributed by atoms with Crippen molar-refractivity contribution >= 4 is 24.2 Å². The summed E-state index contributed by atoms with van der Waals surface area (Å²) in [6.07, 6.45) is 0. The van der Waals surface area contributed by atoms with E-state index in [-0.39, 0.29) is 29.8 Å². The van der Waals surface area contributed by atoms with Crippen molar-refractivity contribution in [2.75, 3.05) is 5.75 Å². The van der Waals surface area contributed by atoms with Gasteiger partial charge in [0.1, 0.15) is 0 Å². The molecule has 0 fully saturated rings. The number of hydrogen-bond donors (Lipinski definition) is 3. The number of rotatable bonds is 0. The molecule has 2 atom stereocenters. The summed E-state index contributed by atoms with van der Waals surface area (Å²) in [5, 5.41) is 23.1. The van der Waals surface area contributed by atoms with E-state index in [2.05, 4.69) is 29.6 Å². The standard InChI is InChI=1S/C16H15NO2S.ClH/c18-13-5-11-15(6-14(13)19)20-8-12-16(11)10-4-2-1-3-9(10)7-17-12;/h1-6,12,16-19H,7-8H2;1H/t12-,16-;/m1./s1. The maximum Gasteiger partial charge on any atom is 0.158 e. The zero-order valence-electron chi connectivity index (χ0n) is 11.2. The molecule has 0 saturated heterocycles. The lowest BCUT2D eigenvalue weighted by Crippen LogP contribution is -2.43. The van der Waals surface area contributed by atoms with Gasteiger partial charge in [0.25, 0.3) is 0 Å². The monoisotopic (exact) mass is 321 g/mol. The third-order valence-electron chi connectivity index (χ3n) is 4.21. The van der Waals surface area contributed by atoms with E-state index in [0.29, 0.717) is 6.04 Å². The minimum absolute atomic E-state index is 0. The zero-order valence-corrected chi connectivity index (χ0v) is 12.9. The Hall–Kier alpha value is -1.36. The van der Waals surface area contributed by atoms with Gasteiger partial charge in [0.2, 0.25) is 0 Å². The zero-order chi connectivity index (χ0) is 13.7. The molecule has 5 heteroatoms. The molecule has 0 aliphatic carbocycles. The number of hydrogen-bond acceptors (Lipinski definition) is 4. The van der Waals surface area contributed by atoms with Gasteiger partial charge >= 0.3 is 0 Å². The van der Waals surface area contributed by atoms with Crippen molar-refractivity contribution in [2.24, 2.45) is 0 Å². The molecule has 0 saturated carbocycles. The van der Waals surface area contributed by atoms with Crippen molar-refractivity contribution in [3.63, 3.8) is 0 Å². The highest BCUT2D eigenvalue weighted by atomic mass is 35.5. The normalized spacial score (nSPS) is 22.5. The Bertz CT molecular complexity index is 692. The molecular weight excluding hydrogens is 306 g/mol. The summed E-state index contributed by atoms with van der Waals surface area (Å²) in [6.45, 7) is 0.900. The number of aromatic hydroxyl groups is 2. The van der Waals surface area contributed by atoms with Crippen molar-refractivity contribution in [1.29, 1.82) is 0 Å². The van der Waals surface area contributed by atoms with Gasteiger partial charge in [-0.3, -0.25) is 0 Å². The maximum absolute atomic E-state index is 9.83. The lowest BCUT2D eigenvalue weighted by Gasteiger charge is -2.39. The summed E-state index contributed by atoms with van der Waals surface area (Å²) in [5.41, 5.74) is 3.77. The van der Waals surface area contributed by atoms with Crippen LogP contribution in [0.15, 0.2) is 41.3 Å². The molecular formula is C16H16ClNO2S. The van der Waals surface area contributed by atoms with Crippen LogP contribution in [0.4, 0.5) is 0 Å². The number of phenolic OH excluding ortho intramolecular Hbond substituents is 2. The van der Waals surface area contributed by atoms with Gasteiger partial charge < -0.3 is 15.5 Å². The predicted molar refractivity (Wildman–Crippen MR) is 86.7 cm³/mol. The number of thioether (sulfide) groups is 1. The summed E-state index contributed by atoms with van der Waals surface area (Å²) in [4.78, 5) is 1.07. The van der Waals surface area contributed by atoms with Gasteiger partial charge in [0, 0.05) is 29.2 Å². The Labute approximate surface area is 133 Å². The summed E-state index contributed by atoms with van der Waals surface area (Å²) in [7, 11) is 0. The van der Waals surface area contributed by atoms with Gasteiger partial charge in [-0.05, 0) is 28.8 Å². The van der Waals surface area contributed by atoms with Crippen molar-refractivity contribution in [3.05, 3.63) is 53.1 Å². The van der Waals surface area contributed by atoms with Crippen LogP contribution < -0.4 is 5.32 Å². The molecule has 110 valence electrons. The van der Waals surface area contributed by atoms with Gasteiger partial charge in [0.15, 0.2) is 11.5 Å². The Morgan fingerprint density at radius 1 is 1.05 bits per heavy atom. The van der Waals surface area contributed by atoms with E-state index < -0.39 is 0 Å². The molecule has 2 heterocycles. The molecule has 0 unspecified atom stereocenters. The third kappa shape index (κ3) is 2.27. The second-order valence-corrected chi connectivity index (χ2v) is 6.42. The number of nitrogens with one attached hydrogen (secondary N) is 1. The molecule has 2 aliphatic rings. The molecule has 2 aromatic carbocycles. The van der Waals surface area contributed by atoms with E-state index in [1.807, 2.05) is 0 Å². The fraction of sp³-hybridized carbons (Fsp3) is 0.250. The van der Waals surface area contributed by atoms with Crippen molar-refractivity contribution in [3.8, 4) is 11.5 Å². The van der Waals surface area contributed by atoms with E-state index in [4.69, 9.17) is 0 Å². The van der Waals surface area contributed by atoms with Crippen molar-refractivity contribution < 1.29 is 10.2 Å². The fourth-order valence-electron chi connectivity index (χ4n) is 3.24. The predicted octanol–water partition coefficient (Wildman–Crippen LogP) is 3.23. The number of phenols is 2. The molecule has 0 amide bonds. The molecule has 2 aromatic rings. The van der Waals surface area contributed by atoms with Crippen molar-refractivity contribution in [2.45, 2.75) is 23.4 Å². The Balaban J connectivity index is 0.00000132. The highest BCUT2D eigenvalue weighted by Gasteiger charge is 2.35. The summed E-state index contributed by atoms with van der Waals surface area (Å²) in [5.74, 6) is 1.17. The molecule has 2 aliphatic heterocycles. The summed E-state index contributed by atoms with van der Waals surface area (Å²) in [6, 6.07) is 12.3. The van der Waals surface area contributed by atoms with Crippen molar-refractivity contribution in [1.82, 2.24) is 5.32 Å². The highest BCUT2D eigenvalue weighted by Crippen LogP contribution is 2.47. The number of fused-ring (bicyclic) bond motifs is 5. The van der Waals surface area contributed by atoms with Gasteiger partial charge in [-0.1, -0.05) is 24.3 Å². The largest absolute Gasteiger partial charge is 0.504 e. The van der Waals surface area contributed by atoms with Crippen LogP contribution in [-0.4, -0.2) is 22.0 Å². The molecule has 3 nitrogen and oxygen atoms in total. The number of halogens is 1. The average Bonchev–Trinajstić information content (AvgIpc) is 2.48. The molecule has 3 N–H and O–H groups in total. The lowest BCUT2D eigenvalue weighted by atomic mass is 9.80. The van der Waals surface area contributed by atoms with Crippen LogP contribution in [0.5, 0.6) is 11.5 Å². The van der Waals surface area contributed by atoms with Gasteiger partial charge in [0.05, 0.1) is 0 Å². The first-order valence-electron chi connectivity index (χ1n) is 6.74. The lowest BCUT2D eigenvalue weighted by molar-refractivity contribution is 0.398. The van der Waals surface area contributed by atoms with Crippen LogP contribution in [-0.2, 0) is 6.54 Å². The van der Waals surface area contributed by atoms with Crippen LogP contribution >= 0.6 is 24.2 Å². The van der Waals surface area contributed by atoms with E-state index in [0.717, 1.165) is 22.8 Å². The van der Waals surface area contributed by atoms with Gasteiger partial charge in [-0.2, -0.15) is 0 Å². The maximum atomic E-state index is 9.83. The molecule has 4 rings (SSSR count). The van der Waals surface area contributed by atoms with Crippen LogP contribution in [0, 0.1) is 0 Å². The second-order valence-electron chi connectivity index (χ2n) is 5.35. The third-order valence-corrected chi connectivity index (χ3v) is 5.40. The average molecular weight is 322 g/mol. The molecule has 0 spiro atoms. The van der Waals surface area contributed by atoms with E-state index >= 15 is 0 Å². The Kier molecular flexibility index (Phi) is 3.78. The molecule has 0 aromatic heterocycles. The fourth-order valence-corrected chi connectivity index (χ4v) is 4.45. The highest BCUT2D eigenvalue weighted by molar-refractivity contribution is 7.99. The van der Waals surface area contributed by atoms with Gasteiger partial charge in [-0.15, -0.1) is 24.2 Å². The van der Waals surface area contributed by atoms with Crippen LogP contribution in [0.25, 0.3) is 0 Å². The van der Waals surface area contributed by atoms with Crippen LogP contribution in [0.1, 0.15) is 22.6 Å². The van der Waals surface area contributed by atoms with E-state index in [1.165, 1.54) is 11.1 Å². The van der Waals surface area contributed by atoms with E-state index in [9.17, 15) is 10.2 Å². The number of benzene rings is 2. The minimum atomic E-state index is -0.0354. The minimum Gasteiger partial charge on any atom is -0.504 e. The molecule has 21 heavy (non-hydrogen) atoms. The smallest absolute Gasteiger partial charge is 0.158 e. The molecule has 0 bridgehead atoms. The first-order chi connectivity index (χ1) is 9.74. The quantitative estimate of drug-likeness (QED) is 0.652. The summed E-state index contributed by atoms with van der Waals surface area (Å²) < 4.78 is 0. The Morgan fingerprint density at radius 2 is 1.81 bits per heavy atom. The SMILES string of the molecule is Cl.Oc1cc2c(cc1O)[C@H]1c3ccccc3CN[C@@H]1CS2. The second kappa shape index (κ2) is 5.44.